The number of carboxylic acid groups (broad SMARTS) is 4. The van der Waals surface area contributed by atoms with Gasteiger partial charge in [0, 0.05) is 0 Å². The van der Waals surface area contributed by atoms with Crippen molar-refractivity contribution in [2.75, 3.05) is 6.61 Å². The Balaban J connectivity index is -0.000000118. The molecule has 2 unspecified atom stereocenters. The summed E-state index contributed by atoms with van der Waals surface area (Å²) in [5.41, 5.74) is 0. The van der Waals surface area contributed by atoms with Gasteiger partial charge < -0.3 is 25.2 Å². The molecule has 0 aliphatic heterocycles. The number of carboxylic acids is 4. The zero-order valence-electron chi connectivity index (χ0n) is 21.7. The predicted molar refractivity (Wildman–Crippen MR) is 135 cm³/mol. The van der Waals surface area contributed by atoms with E-state index in [1.807, 2.05) is 27.7 Å². The van der Waals surface area contributed by atoms with E-state index in [1.54, 1.807) is 19.1 Å². The van der Waals surface area contributed by atoms with Gasteiger partial charge in [0.1, 0.15) is 6.42 Å². The highest BCUT2D eigenvalue weighted by atomic mass is 16.5. The van der Waals surface area contributed by atoms with Crippen LogP contribution in [-0.2, 0) is 28.7 Å². The Bertz CT molecular complexity index is 583. The standard InChI is InChI=1S/C8H10O4.C6H12O2.C5H8O4.C2H6.2C2H4/c9-7(10)5-3-1-2-4-6(5)8(11)12;1-3-5(4-2)6(7)8;1-2-9-5(8)3-4(6)7;3*1-2/h1-2,5-6H,3-4H2,(H,9,10)(H,11,12);5H,3-4H2,1-2H3,(H,7,8);2-3H2,1H3,(H,6,7);1-2H3;2*1-2H2. The Morgan fingerprint density at radius 1 is 0.800 bits per heavy atom. The molecule has 0 fully saturated rings. The van der Waals surface area contributed by atoms with Crippen molar-refractivity contribution in [2.24, 2.45) is 17.8 Å². The third-order valence-corrected chi connectivity index (χ3v) is 4.00. The Hall–Kier alpha value is -3.43. The zero-order chi connectivity index (χ0) is 29.0. The van der Waals surface area contributed by atoms with E-state index in [4.69, 9.17) is 20.4 Å². The van der Waals surface area contributed by atoms with Crippen molar-refractivity contribution in [3.05, 3.63) is 38.5 Å². The van der Waals surface area contributed by atoms with E-state index in [0.717, 1.165) is 12.8 Å². The molecule has 10 heteroatoms. The van der Waals surface area contributed by atoms with Crippen LogP contribution in [0.3, 0.4) is 0 Å². The zero-order valence-corrected chi connectivity index (χ0v) is 21.7. The summed E-state index contributed by atoms with van der Waals surface area (Å²) in [7, 11) is 0. The van der Waals surface area contributed by atoms with E-state index in [-0.39, 0.29) is 12.5 Å². The third-order valence-electron chi connectivity index (χ3n) is 4.00. The minimum atomic E-state index is -1.16. The van der Waals surface area contributed by atoms with Gasteiger partial charge in [0.2, 0.25) is 0 Å². The van der Waals surface area contributed by atoms with E-state index >= 15 is 0 Å². The van der Waals surface area contributed by atoms with Gasteiger partial charge in [-0.25, -0.2) is 0 Å². The lowest BCUT2D eigenvalue weighted by Crippen LogP contribution is -2.30. The summed E-state index contributed by atoms with van der Waals surface area (Å²) in [6.07, 6.45) is 5.03. The molecular weight excluding hydrogens is 460 g/mol. The van der Waals surface area contributed by atoms with Crippen LogP contribution in [0.25, 0.3) is 0 Å². The summed E-state index contributed by atoms with van der Waals surface area (Å²) in [5, 5.41) is 33.7. The van der Waals surface area contributed by atoms with Crippen LogP contribution in [0.15, 0.2) is 38.5 Å². The molecule has 0 saturated heterocycles. The quantitative estimate of drug-likeness (QED) is 0.202. The second kappa shape index (κ2) is 30.6. The minimum absolute atomic E-state index is 0.130. The number of allylic oxidation sites excluding steroid dienone is 2. The molecule has 35 heavy (non-hydrogen) atoms. The molecule has 0 aromatic heterocycles. The molecule has 10 nitrogen and oxygen atoms in total. The number of hydrogen-bond acceptors (Lipinski definition) is 6. The van der Waals surface area contributed by atoms with Gasteiger partial charge in [-0.1, -0.05) is 39.8 Å². The average molecular weight is 505 g/mol. The molecule has 1 aliphatic carbocycles. The summed E-state index contributed by atoms with van der Waals surface area (Å²) in [5.74, 6) is -6.21. The lowest BCUT2D eigenvalue weighted by atomic mass is 9.83. The molecule has 4 N–H and O–H groups in total. The van der Waals surface area contributed by atoms with Gasteiger partial charge in [0.25, 0.3) is 0 Å². The van der Waals surface area contributed by atoms with Gasteiger partial charge in [0.15, 0.2) is 0 Å². The number of ether oxygens (including phenoxy) is 1. The normalized spacial score (nSPS) is 14.6. The van der Waals surface area contributed by atoms with Crippen LogP contribution >= 0.6 is 0 Å². The molecule has 0 aromatic carbocycles. The van der Waals surface area contributed by atoms with Crippen LogP contribution in [0.5, 0.6) is 0 Å². The molecule has 204 valence electrons. The summed E-state index contributed by atoms with van der Waals surface area (Å²) >= 11 is 0. The van der Waals surface area contributed by atoms with Crippen molar-refractivity contribution in [1.29, 1.82) is 0 Å². The molecule has 0 saturated carbocycles. The van der Waals surface area contributed by atoms with Gasteiger partial charge >= 0.3 is 29.8 Å². The van der Waals surface area contributed by atoms with Crippen molar-refractivity contribution in [3.63, 3.8) is 0 Å². The molecule has 0 spiro atoms. The maximum Gasteiger partial charge on any atom is 0.317 e. The van der Waals surface area contributed by atoms with Crippen molar-refractivity contribution < 1.29 is 49.1 Å². The van der Waals surface area contributed by atoms with Crippen molar-refractivity contribution >= 4 is 29.8 Å². The molecule has 1 aliphatic rings. The number of aliphatic carboxylic acids is 4. The Morgan fingerprint density at radius 3 is 1.31 bits per heavy atom. The summed E-state index contributed by atoms with van der Waals surface area (Å²) in [6.45, 7) is 21.6. The second-order valence-electron chi connectivity index (χ2n) is 6.06. The van der Waals surface area contributed by atoms with Gasteiger partial charge in [-0.15, -0.1) is 26.3 Å². The topological polar surface area (TPSA) is 175 Å². The largest absolute Gasteiger partial charge is 0.481 e. The molecule has 0 aromatic rings. The third kappa shape index (κ3) is 26.7. The molecule has 0 amide bonds. The van der Waals surface area contributed by atoms with E-state index in [0.29, 0.717) is 12.8 Å². The average Bonchev–Trinajstić information content (AvgIpc) is 2.84. The van der Waals surface area contributed by atoms with E-state index in [2.05, 4.69) is 31.1 Å². The highest BCUT2D eigenvalue weighted by Crippen LogP contribution is 2.25. The summed E-state index contributed by atoms with van der Waals surface area (Å²) < 4.78 is 4.33. The van der Waals surface area contributed by atoms with E-state index < -0.39 is 48.1 Å². The monoisotopic (exact) mass is 504 g/mol. The first kappa shape index (κ1) is 41.8. The minimum Gasteiger partial charge on any atom is -0.481 e. The summed E-state index contributed by atoms with van der Waals surface area (Å²) in [6, 6.07) is 0. The van der Waals surface area contributed by atoms with Crippen molar-refractivity contribution in [3.8, 4) is 0 Å². The maximum absolute atomic E-state index is 10.6. The number of carbonyl (C=O) groups is 5. The molecule has 0 radical (unpaired) electrons. The SMILES string of the molecule is C=C.C=C.CC.CCC(CC)C(=O)O.CCOC(=O)CC(=O)O.O=C(O)C1CC=CCC1C(=O)O. The Labute approximate surface area is 209 Å². The predicted octanol–water partition coefficient (Wildman–Crippen LogP) is 4.90. The highest BCUT2D eigenvalue weighted by Gasteiger charge is 2.33. The number of esters is 1. The fourth-order valence-electron chi connectivity index (χ4n) is 2.33. The van der Waals surface area contributed by atoms with Crippen molar-refractivity contribution in [2.45, 2.75) is 66.7 Å². The van der Waals surface area contributed by atoms with Gasteiger partial charge in [-0.2, -0.15) is 0 Å². The van der Waals surface area contributed by atoms with Gasteiger partial charge in [-0.05, 0) is 32.6 Å². The van der Waals surface area contributed by atoms with Crippen LogP contribution in [0.2, 0.25) is 0 Å². The van der Waals surface area contributed by atoms with Gasteiger partial charge in [-0.3, -0.25) is 24.0 Å². The molecule has 0 heterocycles. The Morgan fingerprint density at radius 2 is 1.14 bits per heavy atom. The first-order valence-corrected chi connectivity index (χ1v) is 11.2. The fraction of sp³-hybridized carbons (Fsp3) is 0.560. The summed E-state index contributed by atoms with van der Waals surface area (Å²) in [4.78, 5) is 51.3. The smallest absolute Gasteiger partial charge is 0.317 e. The second-order valence-corrected chi connectivity index (χ2v) is 6.06. The highest BCUT2D eigenvalue weighted by molar-refractivity contribution is 5.90. The lowest BCUT2D eigenvalue weighted by molar-refractivity contribution is -0.153. The molecular formula is C25H44O10. The van der Waals surface area contributed by atoms with E-state index in [9.17, 15) is 24.0 Å². The lowest BCUT2D eigenvalue weighted by Gasteiger charge is -2.20. The molecule has 2 atom stereocenters. The first-order chi connectivity index (χ1) is 16.5. The molecule has 1 rings (SSSR count). The number of carbonyl (C=O) groups excluding carboxylic acids is 1. The number of rotatable bonds is 8. The van der Waals surface area contributed by atoms with Crippen LogP contribution in [0.1, 0.15) is 66.7 Å². The van der Waals surface area contributed by atoms with Crippen molar-refractivity contribution in [1.82, 2.24) is 0 Å². The van der Waals surface area contributed by atoms with E-state index in [1.165, 1.54) is 0 Å². The van der Waals surface area contributed by atoms with Gasteiger partial charge in [0.05, 0.1) is 24.4 Å². The van der Waals surface area contributed by atoms with Crippen LogP contribution in [0, 0.1) is 17.8 Å². The fourth-order valence-corrected chi connectivity index (χ4v) is 2.33. The number of hydrogen-bond donors (Lipinski definition) is 4. The maximum atomic E-state index is 10.6. The van der Waals surface area contributed by atoms with Crippen LogP contribution in [-0.4, -0.2) is 56.9 Å². The van der Waals surface area contributed by atoms with Crippen LogP contribution in [0.4, 0.5) is 0 Å². The van der Waals surface area contributed by atoms with Crippen LogP contribution < -0.4 is 0 Å². The molecule has 0 bridgehead atoms. The Kier molecular flexibility index (Phi) is 36.5. The first-order valence-electron chi connectivity index (χ1n) is 11.2.